The number of rotatable bonds is 5. The number of hydrogen-bond donors (Lipinski definition) is 2. The molecule has 0 aliphatic carbocycles. The summed E-state index contributed by atoms with van der Waals surface area (Å²) in [5.74, 6) is -0.384. The van der Waals surface area contributed by atoms with Crippen molar-refractivity contribution in [3.8, 4) is 5.69 Å². The predicted molar refractivity (Wildman–Crippen MR) is 113 cm³/mol. The van der Waals surface area contributed by atoms with Crippen molar-refractivity contribution in [1.29, 1.82) is 0 Å². The summed E-state index contributed by atoms with van der Waals surface area (Å²) in [4.78, 5) is 12.7. The fraction of sp³-hybridized carbons (Fsp3) is 0.238. The van der Waals surface area contributed by atoms with E-state index in [4.69, 9.17) is 0 Å². The van der Waals surface area contributed by atoms with E-state index in [1.54, 1.807) is 45.9 Å². The fourth-order valence-corrected chi connectivity index (χ4v) is 4.22. The molecule has 0 unspecified atom stereocenters. The van der Waals surface area contributed by atoms with E-state index < -0.39 is 21.5 Å². The summed E-state index contributed by atoms with van der Waals surface area (Å²) >= 11 is 0. The van der Waals surface area contributed by atoms with Gasteiger partial charge in [-0.05, 0) is 76.2 Å². The molecule has 0 bridgehead atoms. The second kappa shape index (κ2) is 8.00. The van der Waals surface area contributed by atoms with Crippen molar-refractivity contribution in [3.05, 3.63) is 71.7 Å². The number of benzene rings is 2. The highest BCUT2D eigenvalue weighted by molar-refractivity contribution is 7.89. The molecule has 0 aliphatic heterocycles. The molecule has 1 heterocycles. The van der Waals surface area contributed by atoms with Crippen LogP contribution in [0.1, 0.15) is 36.8 Å². The van der Waals surface area contributed by atoms with Gasteiger partial charge >= 0.3 is 0 Å². The Labute approximate surface area is 175 Å². The van der Waals surface area contributed by atoms with Crippen LogP contribution >= 0.6 is 0 Å². The molecular formula is C21H23FN4O3S. The SMILES string of the molecule is Cc1cc(NC(=O)c2ccc(S(=O)(=O)NC(C)(C)C)cc2)n(-c2ccc(F)cc2)n1. The molecule has 30 heavy (non-hydrogen) atoms. The van der Waals surface area contributed by atoms with Crippen molar-refractivity contribution in [3.63, 3.8) is 0 Å². The van der Waals surface area contributed by atoms with E-state index in [0.717, 1.165) is 0 Å². The molecule has 0 fully saturated rings. The van der Waals surface area contributed by atoms with Gasteiger partial charge in [0.2, 0.25) is 10.0 Å². The Hall–Kier alpha value is -3.04. The number of hydrogen-bond acceptors (Lipinski definition) is 4. The van der Waals surface area contributed by atoms with E-state index in [1.807, 2.05) is 0 Å². The van der Waals surface area contributed by atoms with Crippen LogP contribution in [0.25, 0.3) is 5.69 Å². The van der Waals surface area contributed by atoms with Gasteiger partial charge in [-0.25, -0.2) is 22.2 Å². The van der Waals surface area contributed by atoms with Crippen LogP contribution in [0.5, 0.6) is 0 Å². The lowest BCUT2D eigenvalue weighted by molar-refractivity contribution is 0.102. The second-order valence-corrected chi connectivity index (χ2v) is 9.58. The maximum atomic E-state index is 13.2. The molecule has 0 spiro atoms. The third-order valence-corrected chi connectivity index (χ3v) is 5.79. The molecule has 0 saturated carbocycles. The number of amides is 1. The molecule has 2 aromatic carbocycles. The quantitative estimate of drug-likeness (QED) is 0.646. The van der Waals surface area contributed by atoms with E-state index in [2.05, 4.69) is 15.1 Å². The molecule has 0 radical (unpaired) electrons. The van der Waals surface area contributed by atoms with Crippen LogP contribution in [-0.4, -0.2) is 29.6 Å². The summed E-state index contributed by atoms with van der Waals surface area (Å²) in [6.07, 6.45) is 0. The van der Waals surface area contributed by atoms with Crippen molar-refractivity contribution < 1.29 is 17.6 Å². The Morgan fingerprint density at radius 2 is 1.63 bits per heavy atom. The molecule has 3 aromatic rings. The fourth-order valence-electron chi connectivity index (χ4n) is 2.80. The second-order valence-electron chi connectivity index (χ2n) is 7.89. The van der Waals surface area contributed by atoms with Gasteiger partial charge in [-0.15, -0.1) is 0 Å². The number of nitrogens with one attached hydrogen (secondary N) is 2. The van der Waals surface area contributed by atoms with E-state index in [1.165, 1.54) is 41.1 Å². The normalized spacial score (nSPS) is 12.0. The summed E-state index contributed by atoms with van der Waals surface area (Å²) < 4.78 is 42.1. The number of aryl methyl sites for hydroxylation is 1. The first-order valence-electron chi connectivity index (χ1n) is 9.23. The van der Waals surface area contributed by atoms with Crippen molar-refractivity contribution in [1.82, 2.24) is 14.5 Å². The highest BCUT2D eigenvalue weighted by Crippen LogP contribution is 2.19. The Morgan fingerprint density at radius 3 is 2.20 bits per heavy atom. The van der Waals surface area contributed by atoms with Crippen LogP contribution in [0.2, 0.25) is 0 Å². The van der Waals surface area contributed by atoms with Gasteiger partial charge in [0.15, 0.2) is 0 Å². The smallest absolute Gasteiger partial charge is 0.256 e. The standard InChI is InChI=1S/C21H23FN4O3S/c1-14-13-19(26(24-14)17-9-7-16(22)8-10-17)23-20(27)15-5-11-18(12-6-15)30(28,29)25-21(2,3)4/h5-13,25H,1-4H3,(H,23,27). The minimum Gasteiger partial charge on any atom is -0.306 e. The summed E-state index contributed by atoms with van der Waals surface area (Å²) in [6.45, 7) is 7.02. The first-order chi connectivity index (χ1) is 13.9. The first-order valence-corrected chi connectivity index (χ1v) is 10.7. The van der Waals surface area contributed by atoms with Crippen molar-refractivity contribution in [2.75, 3.05) is 5.32 Å². The number of sulfonamides is 1. The van der Waals surface area contributed by atoms with Crippen LogP contribution < -0.4 is 10.0 Å². The molecule has 1 aromatic heterocycles. The third kappa shape index (κ3) is 5.11. The average Bonchev–Trinajstić information content (AvgIpc) is 3.00. The lowest BCUT2D eigenvalue weighted by Crippen LogP contribution is -2.40. The first kappa shape index (κ1) is 21.7. The monoisotopic (exact) mass is 430 g/mol. The number of anilines is 1. The molecule has 3 rings (SSSR count). The van der Waals surface area contributed by atoms with Crippen LogP contribution in [0.4, 0.5) is 10.2 Å². The topological polar surface area (TPSA) is 93.1 Å². The zero-order valence-corrected chi connectivity index (χ0v) is 17.9. The Morgan fingerprint density at radius 1 is 1.03 bits per heavy atom. The number of carbonyl (C=O) groups is 1. The van der Waals surface area contributed by atoms with Gasteiger partial charge in [-0.2, -0.15) is 5.10 Å². The van der Waals surface area contributed by atoms with Gasteiger partial charge in [0.1, 0.15) is 11.6 Å². The van der Waals surface area contributed by atoms with E-state index in [9.17, 15) is 17.6 Å². The van der Waals surface area contributed by atoms with Crippen molar-refractivity contribution in [2.45, 2.75) is 38.1 Å². The molecule has 2 N–H and O–H groups in total. The van der Waals surface area contributed by atoms with Crippen LogP contribution in [0, 0.1) is 12.7 Å². The van der Waals surface area contributed by atoms with Gasteiger partial charge < -0.3 is 5.32 Å². The minimum atomic E-state index is -3.69. The summed E-state index contributed by atoms with van der Waals surface area (Å²) in [6, 6.07) is 13.1. The van der Waals surface area contributed by atoms with Crippen molar-refractivity contribution in [2.24, 2.45) is 0 Å². The van der Waals surface area contributed by atoms with Gasteiger partial charge in [0.25, 0.3) is 5.91 Å². The number of nitrogens with zero attached hydrogens (tertiary/aromatic N) is 2. The van der Waals surface area contributed by atoms with Gasteiger partial charge in [0, 0.05) is 17.2 Å². The molecule has 0 saturated heterocycles. The van der Waals surface area contributed by atoms with Crippen LogP contribution in [0.3, 0.4) is 0 Å². The lowest BCUT2D eigenvalue weighted by atomic mass is 10.1. The molecule has 7 nitrogen and oxygen atoms in total. The number of carbonyl (C=O) groups excluding carboxylic acids is 1. The molecule has 0 aliphatic rings. The average molecular weight is 431 g/mol. The van der Waals surface area contributed by atoms with Gasteiger partial charge in [-0.3, -0.25) is 4.79 Å². The lowest BCUT2D eigenvalue weighted by Gasteiger charge is -2.20. The van der Waals surface area contributed by atoms with E-state index in [0.29, 0.717) is 17.2 Å². The Balaban J connectivity index is 1.81. The zero-order valence-electron chi connectivity index (χ0n) is 17.1. The Bertz CT molecular complexity index is 1160. The van der Waals surface area contributed by atoms with Gasteiger partial charge in [0.05, 0.1) is 16.3 Å². The highest BCUT2D eigenvalue weighted by Gasteiger charge is 2.22. The van der Waals surface area contributed by atoms with Gasteiger partial charge in [-0.1, -0.05) is 0 Å². The summed E-state index contributed by atoms with van der Waals surface area (Å²) in [7, 11) is -3.69. The maximum Gasteiger partial charge on any atom is 0.256 e. The highest BCUT2D eigenvalue weighted by atomic mass is 32.2. The molecular weight excluding hydrogens is 407 g/mol. The third-order valence-electron chi connectivity index (χ3n) is 4.01. The molecule has 0 atom stereocenters. The van der Waals surface area contributed by atoms with Crippen LogP contribution in [0.15, 0.2) is 59.5 Å². The summed E-state index contributed by atoms with van der Waals surface area (Å²) in [5, 5.41) is 7.09. The largest absolute Gasteiger partial charge is 0.306 e. The molecule has 1 amide bonds. The van der Waals surface area contributed by atoms with E-state index in [-0.39, 0.29) is 16.3 Å². The maximum absolute atomic E-state index is 13.2. The molecule has 158 valence electrons. The van der Waals surface area contributed by atoms with E-state index >= 15 is 0 Å². The summed E-state index contributed by atoms with van der Waals surface area (Å²) in [5.41, 5.74) is 0.930. The Kier molecular flexibility index (Phi) is 5.78. The number of halogens is 1. The van der Waals surface area contributed by atoms with Crippen molar-refractivity contribution >= 4 is 21.7 Å². The number of aromatic nitrogens is 2. The predicted octanol–water partition coefficient (Wildman–Crippen LogP) is 3.65. The van der Waals surface area contributed by atoms with Crippen LogP contribution in [-0.2, 0) is 10.0 Å². The molecule has 9 heteroatoms. The minimum absolute atomic E-state index is 0.0705. The zero-order chi connectivity index (χ0) is 22.1.